The van der Waals surface area contributed by atoms with Crippen molar-refractivity contribution in [2.45, 2.75) is 55.9 Å². The number of aliphatic hydroxyl groups excluding tert-OH is 2. The maximum absolute atomic E-state index is 13.4. The summed E-state index contributed by atoms with van der Waals surface area (Å²) < 4.78 is 51.5. The van der Waals surface area contributed by atoms with E-state index in [4.69, 9.17) is 42.6 Å². The second-order valence-corrected chi connectivity index (χ2v) is 11.0. The number of aliphatic hydroxyl groups is 2. The Morgan fingerprint density at radius 3 is 2.26 bits per heavy atom. The van der Waals surface area contributed by atoms with Crippen molar-refractivity contribution in [2.24, 2.45) is 11.8 Å². The molecule has 0 radical (unpaired) electrons. The molecule has 10 atom stereocenters. The van der Waals surface area contributed by atoms with E-state index in [1.165, 1.54) is 14.2 Å². The number of fused-ring (bicyclic) bond motifs is 4. The summed E-state index contributed by atoms with van der Waals surface area (Å²) in [5, 5.41) is 32.5. The van der Waals surface area contributed by atoms with Gasteiger partial charge in [0.25, 0.3) is 0 Å². The molecule has 13 heteroatoms. The molecule has 1 aliphatic carbocycles. The van der Waals surface area contributed by atoms with Crippen LogP contribution in [0, 0.1) is 11.8 Å². The van der Waals surface area contributed by atoms with Gasteiger partial charge in [0.1, 0.15) is 24.4 Å². The lowest BCUT2D eigenvalue weighted by molar-refractivity contribution is -0.364. The molecule has 4 heterocycles. The largest absolute Gasteiger partial charge is 0.502 e. The molecular formula is C29H32O13. The number of ether oxygens (including phenoxy) is 9. The van der Waals surface area contributed by atoms with E-state index in [0.29, 0.717) is 28.2 Å². The molecule has 7 rings (SSSR count). The van der Waals surface area contributed by atoms with Crippen molar-refractivity contribution >= 4 is 5.97 Å². The highest BCUT2D eigenvalue weighted by Crippen LogP contribution is 2.57. The van der Waals surface area contributed by atoms with E-state index in [1.54, 1.807) is 31.2 Å². The maximum atomic E-state index is 13.4. The van der Waals surface area contributed by atoms with Crippen molar-refractivity contribution in [1.29, 1.82) is 0 Å². The molecule has 5 aliphatic rings. The molecule has 2 aromatic rings. The summed E-state index contributed by atoms with van der Waals surface area (Å²) in [5.74, 6) is -1.02. The number of carbonyl (C=O) groups is 1. The third kappa shape index (κ3) is 4.26. The normalized spacial score (nSPS) is 36.5. The van der Waals surface area contributed by atoms with Gasteiger partial charge in [-0.1, -0.05) is 0 Å². The van der Waals surface area contributed by atoms with Crippen LogP contribution in [0.5, 0.6) is 28.7 Å². The minimum atomic E-state index is -1.44. The molecule has 0 saturated carbocycles. The number of phenolic OH excluding ortho intramolecular Hbond substituents is 1. The van der Waals surface area contributed by atoms with E-state index < -0.39 is 66.8 Å². The molecule has 4 aliphatic heterocycles. The molecule has 226 valence electrons. The number of cyclic esters (lactones) is 1. The summed E-state index contributed by atoms with van der Waals surface area (Å²) in [6, 6.07) is 6.93. The molecule has 42 heavy (non-hydrogen) atoms. The Kier molecular flexibility index (Phi) is 6.83. The van der Waals surface area contributed by atoms with Crippen molar-refractivity contribution in [3.8, 4) is 28.7 Å². The first-order valence-electron chi connectivity index (χ1n) is 13.8. The lowest BCUT2D eigenvalue weighted by atomic mass is 9.66. The second kappa shape index (κ2) is 10.4. The summed E-state index contributed by atoms with van der Waals surface area (Å²) in [4.78, 5) is 13.4. The van der Waals surface area contributed by atoms with Gasteiger partial charge in [-0.2, -0.15) is 0 Å². The lowest BCUT2D eigenvalue weighted by Crippen LogP contribution is -2.63. The van der Waals surface area contributed by atoms with Gasteiger partial charge in [-0.05, 0) is 47.9 Å². The number of carbonyl (C=O) groups excluding carboxylic acids is 1. The first-order chi connectivity index (χ1) is 20.3. The summed E-state index contributed by atoms with van der Waals surface area (Å²) in [6.07, 6.45) is -6.80. The van der Waals surface area contributed by atoms with Crippen LogP contribution in [-0.2, 0) is 28.5 Å². The number of methoxy groups -OCH3 is 2. The predicted molar refractivity (Wildman–Crippen MR) is 138 cm³/mol. The standard InChI is InChI=1S/C29H32O13/c1-11-36-9-20-27(40-11)24(31)25(32)29(41-20)42-26-14-7-17-16(38-10-39-17)6-13(14)21(22-15(26)8-37-28(22)33)12-4-18(34-2)23(30)19(5-12)35-3/h4-7,11,15,20-22,24-27,29-32H,8-10H2,1-3H3/t11-,15-,20-,21-,22-,24+,25-,26+,27+,29-/m0/s1. The Hall–Kier alpha value is -3.33. The van der Waals surface area contributed by atoms with Crippen LogP contribution in [0.15, 0.2) is 24.3 Å². The zero-order valence-corrected chi connectivity index (χ0v) is 23.1. The molecule has 3 saturated heterocycles. The van der Waals surface area contributed by atoms with E-state index in [-0.39, 0.29) is 37.3 Å². The molecular weight excluding hydrogens is 556 g/mol. The highest BCUT2D eigenvalue weighted by atomic mass is 16.8. The number of benzene rings is 2. The Morgan fingerprint density at radius 2 is 1.57 bits per heavy atom. The average molecular weight is 589 g/mol. The number of hydrogen-bond acceptors (Lipinski definition) is 13. The summed E-state index contributed by atoms with van der Waals surface area (Å²) in [5.41, 5.74) is 2.01. The van der Waals surface area contributed by atoms with Crippen LogP contribution in [-0.4, -0.2) is 92.5 Å². The van der Waals surface area contributed by atoms with E-state index in [2.05, 4.69) is 0 Å². The Labute approximate surface area is 240 Å². The smallest absolute Gasteiger partial charge is 0.310 e. The molecule has 0 amide bonds. The van der Waals surface area contributed by atoms with Crippen molar-refractivity contribution in [2.75, 3.05) is 34.2 Å². The van der Waals surface area contributed by atoms with Gasteiger partial charge in [0.2, 0.25) is 12.5 Å². The van der Waals surface area contributed by atoms with Gasteiger partial charge in [0.05, 0.1) is 39.5 Å². The van der Waals surface area contributed by atoms with Crippen LogP contribution < -0.4 is 18.9 Å². The van der Waals surface area contributed by atoms with Crippen LogP contribution in [0.3, 0.4) is 0 Å². The molecule has 2 aromatic carbocycles. The zero-order valence-electron chi connectivity index (χ0n) is 23.1. The predicted octanol–water partition coefficient (Wildman–Crippen LogP) is 1.34. The number of aromatic hydroxyl groups is 1. The van der Waals surface area contributed by atoms with Gasteiger partial charge in [0, 0.05) is 11.8 Å². The Morgan fingerprint density at radius 1 is 0.881 bits per heavy atom. The van der Waals surface area contributed by atoms with Crippen LogP contribution >= 0.6 is 0 Å². The highest BCUT2D eigenvalue weighted by Gasteiger charge is 2.56. The van der Waals surface area contributed by atoms with Gasteiger partial charge < -0.3 is 58.0 Å². The highest BCUT2D eigenvalue weighted by molar-refractivity contribution is 5.79. The topological polar surface area (TPSA) is 161 Å². The quantitative estimate of drug-likeness (QED) is 0.430. The van der Waals surface area contributed by atoms with E-state index >= 15 is 0 Å². The van der Waals surface area contributed by atoms with Crippen LogP contribution in [0.25, 0.3) is 0 Å². The second-order valence-electron chi connectivity index (χ2n) is 11.0. The molecule has 0 unspecified atom stereocenters. The van der Waals surface area contributed by atoms with Gasteiger partial charge in [-0.3, -0.25) is 4.79 Å². The van der Waals surface area contributed by atoms with Crippen LogP contribution in [0.4, 0.5) is 0 Å². The number of hydrogen-bond donors (Lipinski definition) is 3. The van der Waals surface area contributed by atoms with E-state index in [9.17, 15) is 20.1 Å². The van der Waals surface area contributed by atoms with E-state index in [0.717, 1.165) is 0 Å². The minimum Gasteiger partial charge on any atom is -0.502 e. The van der Waals surface area contributed by atoms with Crippen molar-refractivity contribution in [3.05, 3.63) is 41.0 Å². The summed E-state index contributed by atoms with van der Waals surface area (Å²) in [7, 11) is 2.86. The fourth-order valence-corrected chi connectivity index (χ4v) is 6.74. The summed E-state index contributed by atoms with van der Waals surface area (Å²) in [6.45, 7) is 1.93. The number of phenols is 1. The molecule has 0 aromatic heterocycles. The maximum Gasteiger partial charge on any atom is 0.310 e. The van der Waals surface area contributed by atoms with Crippen molar-refractivity contribution in [1.82, 2.24) is 0 Å². The third-order valence-corrected chi connectivity index (χ3v) is 8.75. The zero-order chi connectivity index (χ0) is 29.3. The molecule has 0 spiro atoms. The lowest BCUT2D eigenvalue weighted by Gasteiger charge is -2.47. The minimum absolute atomic E-state index is 0.0301. The van der Waals surface area contributed by atoms with Gasteiger partial charge in [0.15, 0.2) is 35.6 Å². The van der Waals surface area contributed by atoms with Gasteiger partial charge in [-0.25, -0.2) is 0 Å². The third-order valence-electron chi connectivity index (χ3n) is 8.75. The molecule has 3 fully saturated rings. The van der Waals surface area contributed by atoms with Crippen LogP contribution in [0.1, 0.15) is 35.6 Å². The average Bonchev–Trinajstić information content (AvgIpc) is 3.61. The first-order valence-corrected chi connectivity index (χ1v) is 13.8. The van der Waals surface area contributed by atoms with E-state index in [1.807, 2.05) is 0 Å². The number of esters is 1. The SMILES string of the molecule is COc1cc([C@H]2c3cc4c(cc3[C@@H](O[C@@H]3O[C@H]5CO[C@H](C)O[C@H]5[C@H](O)[C@@H]3O)[C@H]3COC(=O)[C@H]23)OCO4)cc(OC)c1O. The number of rotatable bonds is 5. The first kappa shape index (κ1) is 27.5. The monoisotopic (exact) mass is 588 g/mol. The van der Waals surface area contributed by atoms with Crippen molar-refractivity contribution in [3.63, 3.8) is 0 Å². The molecule has 13 nitrogen and oxygen atoms in total. The van der Waals surface area contributed by atoms with Crippen LogP contribution in [0.2, 0.25) is 0 Å². The fraction of sp³-hybridized carbons (Fsp3) is 0.552. The Bertz CT molecular complexity index is 1350. The van der Waals surface area contributed by atoms with Crippen molar-refractivity contribution < 1.29 is 62.7 Å². The summed E-state index contributed by atoms with van der Waals surface area (Å²) >= 11 is 0. The van der Waals surface area contributed by atoms with Gasteiger partial charge in [-0.15, -0.1) is 0 Å². The fourth-order valence-electron chi connectivity index (χ4n) is 6.74. The van der Waals surface area contributed by atoms with Gasteiger partial charge >= 0.3 is 5.97 Å². The molecule has 3 N–H and O–H groups in total. The molecule has 0 bridgehead atoms. The Balaban J connectivity index is 1.32.